The fraction of sp³-hybridized carbons (Fsp3) is 0.778. The summed E-state index contributed by atoms with van der Waals surface area (Å²) in [6, 6.07) is 0. The highest BCUT2D eigenvalue weighted by atomic mass is 15.4. The molecule has 0 bridgehead atoms. The quantitative estimate of drug-likeness (QED) is 0.684. The Morgan fingerprint density at radius 1 is 1.50 bits per heavy atom. The van der Waals surface area contributed by atoms with Crippen molar-refractivity contribution in [2.24, 2.45) is 13.0 Å². The van der Waals surface area contributed by atoms with E-state index in [1.165, 1.54) is 12.8 Å². The lowest BCUT2D eigenvalue weighted by Crippen LogP contribution is -1.90. The van der Waals surface area contributed by atoms with Crippen LogP contribution in [-0.4, -0.2) is 15.0 Å². The first-order chi connectivity index (χ1) is 5.68. The third-order valence-corrected chi connectivity index (χ3v) is 1.86. The van der Waals surface area contributed by atoms with Gasteiger partial charge in [0.15, 0.2) is 0 Å². The highest BCUT2D eigenvalue weighted by molar-refractivity contribution is 4.91. The third-order valence-electron chi connectivity index (χ3n) is 1.86. The molecule has 3 heteroatoms. The van der Waals surface area contributed by atoms with Crippen LogP contribution in [0.5, 0.6) is 0 Å². The number of nitrogens with zero attached hydrogens (tertiary/aromatic N) is 3. The van der Waals surface area contributed by atoms with E-state index in [-0.39, 0.29) is 0 Å². The second-order valence-electron chi connectivity index (χ2n) is 3.67. The Bertz CT molecular complexity index is 227. The van der Waals surface area contributed by atoms with Crippen molar-refractivity contribution < 1.29 is 0 Å². The van der Waals surface area contributed by atoms with E-state index in [0.717, 1.165) is 18.0 Å². The summed E-state index contributed by atoms with van der Waals surface area (Å²) >= 11 is 0. The topological polar surface area (TPSA) is 30.7 Å². The zero-order chi connectivity index (χ0) is 8.97. The van der Waals surface area contributed by atoms with Crippen LogP contribution < -0.4 is 0 Å². The summed E-state index contributed by atoms with van der Waals surface area (Å²) in [5.41, 5.74) is 1.11. The summed E-state index contributed by atoms with van der Waals surface area (Å²) in [4.78, 5) is 0. The number of aryl methyl sites for hydroxylation is 2. The zero-order valence-electron chi connectivity index (χ0n) is 8.12. The highest BCUT2D eigenvalue weighted by Gasteiger charge is 1.99. The molecule has 0 radical (unpaired) electrons. The van der Waals surface area contributed by atoms with E-state index in [4.69, 9.17) is 0 Å². The van der Waals surface area contributed by atoms with Crippen molar-refractivity contribution in [3.63, 3.8) is 0 Å². The van der Waals surface area contributed by atoms with Crippen molar-refractivity contribution in [3.8, 4) is 0 Å². The van der Waals surface area contributed by atoms with E-state index in [0.29, 0.717) is 0 Å². The Hall–Kier alpha value is -0.860. The van der Waals surface area contributed by atoms with E-state index >= 15 is 0 Å². The molecule has 68 valence electrons. The van der Waals surface area contributed by atoms with Crippen molar-refractivity contribution in [1.29, 1.82) is 0 Å². The lowest BCUT2D eigenvalue weighted by atomic mass is 10.1. The van der Waals surface area contributed by atoms with Crippen LogP contribution in [0.4, 0.5) is 0 Å². The van der Waals surface area contributed by atoms with Crippen LogP contribution in [0.15, 0.2) is 6.20 Å². The van der Waals surface area contributed by atoms with Crippen LogP contribution in [0.2, 0.25) is 0 Å². The first-order valence-corrected chi connectivity index (χ1v) is 4.53. The smallest absolute Gasteiger partial charge is 0.0827 e. The molecule has 0 saturated heterocycles. The summed E-state index contributed by atoms with van der Waals surface area (Å²) in [6.45, 7) is 4.49. The van der Waals surface area contributed by atoms with E-state index in [2.05, 4.69) is 24.2 Å². The van der Waals surface area contributed by atoms with Gasteiger partial charge in [-0.3, -0.25) is 4.68 Å². The molecule has 0 fully saturated rings. The fourth-order valence-corrected chi connectivity index (χ4v) is 1.20. The largest absolute Gasteiger partial charge is 0.255 e. The summed E-state index contributed by atoms with van der Waals surface area (Å²) in [7, 11) is 1.90. The number of hydrogen-bond acceptors (Lipinski definition) is 2. The standard InChI is InChI=1S/C9H17N3/c1-8(2)5-4-6-9-7-12(3)11-10-9/h7-8H,4-6H2,1-3H3. The second-order valence-corrected chi connectivity index (χ2v) is 3.67. The monoisotopic (exact) mass is 167 g/mol. The van der Waals surface area contributed by atoms with Crippen LogP contribution in [0.3, 0.4) is 0 Å². The van der Waals surface area contributed by atoms with E-state index < -0.39 is 0 Å². The predicted octanol–water partition coefficient (Wildman–Crippen LogP) is 1.79. The zero-order valence-corrected chi connectivity index (χ0v) is 8.12. The molecule has 0 spiro atoms. The molecule has 0 amide bonds. The van der Waals surface area contributed by atoms with Gasteiger partial charge >= 0.3 is 0 Å². The van der Waals surface area contributed by atoms with Gasteiger partial charge < -0.3 is 0 Å². The Kier molecular flexibility index (Phi) is 3.26. The molecule has 0 aliphatic heterocycles. The van der Waals surface area contributed by atoms with E-state index in [1.54, 1.807) is 4.68 Å². The Labute approximate surface area is 73.8 Å². The molecule has 3 nitrogen and oxygen atoms in total. The van der Waals surface area contributed by atoms with E-state index in [9.17, 15) is 0 Å². The lowest BCUT2D eigenvalue weighted by Gasteiger charge is -2.00. The maximum absolute atomic E-state index is 4.03. The molecule has 0 aromatic carbocycles. The Morgan fingerprint density at radius 3 is 2.75 bits per heavy atom. The number of rotatable bonds is 4. The van der Waals surface area contributed by atoms with Crippen molar-refractivity contribution in [2.75, 3.05) is 0 Å². The van der Waals surface area contributed by atoms with Gasteiger partial charge in [-0.25, -0.2) is 0 Å². The Morgan fingerprint density at radius 2 is 2.25 bits per heavy atom. The van der Waals surface area contributed by atoms with Gasteiger partial charge in [-0.05, 0) is 18.8 Å². The van der Waals surface area contributed by atoms with Crippen LogP contribution in [0.25, 0.3) is 0 Å². The normalized spacial score (nSPS) is 11.0. The molecule has 0 aliphatic rings. The van der Waals surface area contributed by atoms with Crippen molar-refractivity contribution >= 4 is 0 Å². The molecule has 1 heterocycles. The summed E-state index contributed by atoms with van der Waals surface area (Å²) < 4.78 is 1.75. The second kappa shape index (κ2) is 4.24. The van der Waals surface area contributed by atoms with Crippen LogP contribution in [-0.2, 0) is 13.5 Å². The van der Waals surface area contributed by atoms with Gasteiger partial charge in [0, 0.05) is 13.2 Å². The highest BCUT2D eigenvalue weighted by Crippen LogP contribution is 2.07. The van der Waals surface area contributed by atoms with Crippen molar-refractivity contribution in [2.45, 2.75) is 33.1 Å². The maximum Gasteiger partial charge on any atom is 0.0827 e. The molecule has 12 heavy (non-hydrogen) atoms. The van der Waals surface area contributed by atoms with E-state index in [1.807, 2.05) is 13.2 Å². The minimum atomic E-state index is 0.793. The van der Waals surface area contributed by atoms with Crippen molar-refractivity contribution in [3.05, 3.63) is 11.9 Å². The van der Waals surface area contributed by atoms with Gasteiger partial charge in [-0.15, -0.1) is 5.10 Å². The molecular formula is C9H17N3. The van der Waals surface area contributed by atoms with Crippen molar-refractivity contribution in [1.82, 2.24) is 15.0 Å². The third kappa shape index (κ3) is 3.03. The molecule has 0 aliphatic carbocycles. The average Bonchev–Trinajstić information content (AvgIpc) is 2.35. The minimum Gasteiger partial charge on any atom is -0.255 e. The number of hydrogen-bond donors (Lipinski definition) is 0. The van der Waals surface area contributed by atoms with Gasteiger partial charge in [0.1, 0.15) is 0 Å². The van der Waals surface area contributed by atoms with Crippen LogP contribution >= 0.6 is 0 Å². The molecular weight excluding hydrogens is 150 g/mol. The summed E-state index contributed by atoms with van der Waals surface area (Å²) in [5, 5.41) is 7.91. The lowest BCUT2D eigenvalue weighted by molar-refractivity contribution is 0.553. The van der Waals surface area contributed by atoms with Gasteiger partial charge in [0.2, 0.25) is 0 Å². The molecule has 0 saturated carbocycles. The molecule has 0 atom stereocenters. The van der Waals surface area contributed by atoms with Gasteiger partial charge in [-0.2, -0.15) is 0 Å². The molecule has 0 N–H and O–H groups in total. The molecule has 1 aromatic rings. The van der Waals surface area contributed by atoms with Gasteiger partial charge in [-0.1, -0.05) is 25.5 Å². The molecule has 1 aromatic heterocycles. The fourth-order valence-electron chi connectivity index (χ4n) is 1.20. The van der Waals surface area contributed by atoms with Crippen LogP contribution in [0.1, 0.15) is 32.4 Å². The molecule has 1 rings (SSSR count). The molecule has 0 unspecified atom stereocenters. The first kappa shape index (κ1) is 9.23. The average molecular weight is 167 g/mol. The maximum atomic E-state index is 4.03. The first-order valence-electron chi connectivity index (χ1n) is 4.53. The summed E-state index contributed by atoms with van der Waals surface area (Å²) in [6.07, 6.45) is 5.54. The minimum absolute atomic E-state index is 0.793. The van der Waals surface area contributed by atoms with Crippen LogP contribution in [0, 0.1) is 5.92 Å². The Balaban J connectivity index is 2.24. The SMILES string of the molecule is CC(C)CCCc1cn(C)nn1. The van der Waals surface area contributed by atoms with Gasteiger partial charge in [0.05, 0.1) is 5.69 Å². The summed E-state index contributed by atoms with van der Waals surface area (Å²) in [5.74, 6) is 0.793. The predicted molar refractivity (Wildman–Crippen MR) is 48.8 cm³/mol. The van der Waals surface area contributed by atoms with Gasteiger partial charge in [0.25, 0.3) is 0 Å². The number of aromatic nitrogens is 3.